The van der Waals surface area contributed by atoms with Gasteiger partial charge in [0.05, 0.1) is 0 Å². The van der Waals surface area contributed by atoms with E-state index in [4.69, 9.17) is 5.73 Å². The molecule has 0 aromatic carbocycles. The van der Waals surface area contributed by atoms with Crippen LogP contribution in [0.25, 0.3) is 0 Å². The maximum Gasteiger partial charge on any atom is 0.271 e. The van der Waals surface area contributed by atoms with Gasteiger partial charge in [0.1, 0.15) is 10.7 Å². The Kier molecular flexibility index (Phi) is 5.08. The van der Waals surface area contributed by atoms with Gasteiger partial charge < -0.3 is 11.1 Å². The first-order valence-electron chi connectivity index (χ1n) is 6.07. The van der Waals surface area contributed by atoms with E-state index in [1.165, 1.54) is 11.3 Å². The molecule has 0 aliphatic carbocycles. The number of amides is 1. The SMILES string of the molecule is CCC(CC)(CC)NC(=O)c1csc(CN)n1. The first-order valence-corrected chi connectivity index (χ1v) is 6.95. The van der Waals surface area contributed by atoms with E-state index in [0.29, 0.717) is 12.2 Å². The van der Waals surface area contributed by atoms with Crippen molar-refractivity contribution in [3.63, 3.8) is 0 Å². The van der Waals surface area contributed by atoms with Crippen LogP contribution in [-0.2, 0) is 6.54 Å². The molecule has 1 aromatic heterocycles. The Morgan fingerprint density at radius 3 is 2.41 bits per heavy atom. The number of thiazole rings is 1. The van der Waals surface area contributed by atoms with Crippen molar-refractivity contribution in [1.29, 1.82) is 0 Å². The molecule has 1 aromatic rings. The number of nitrogens with zero attached hydrogens (tertiary/aromatic N) is 1. The Bertz CT molecular complexity index is 363. The summed E-state index contributed by atoms with van der Waals surface area (Å²) in [5.74, 6) is -0.0912. The summed E-state index contributed by atoms with van der Waals surface area (Å²) in [6, 6.07) is 0. The standard InChI is InChI=1S/C12H21N3OS/c1-4-12(5-2,6-3)15-11(16)9-8-17-10(7-13)14-9/h8H,4-7,13H2,1-3H3,(H,15,16). The molecule has 0 saturated carbocycles. The Balaban J connectivity index is 2.77. The molecular formula is C12H21N3OS. The van der Waals surface area contributed by atoms with Gasteiger partial charge in [0.15, 0.2) is 0 Å². The second-order valence-corrected chi connectivity index (χ2v) is 5.07. The van der Waals surface area contributed by atoms with Gasteiger partial charge in [-0.1, -0.05) is 20.8 Å². The van der Waals surface area contributed by atoms with Crippen molar-refractivity contribution < 1.29 is 4.79 Å². The predicted molar refractivity (Wildman–Crippen MR) is 71.1 cm³/mol. The zero-order valence-electron chi connectivity index (χ0n) is 10.7. The number of rotatable bonds is 6. The van der Waals surface area contributed by atoms with Crippen molar-refractivity contribution >= 4 is 17.2 Å². The maximum atomic E-state index is 12.1. The molecule has 0 aliphatic rings. The van der Waals surface area contributed by atoms with Crippen molar-refractivity contribution in [2.24, 2.45) is 5.73 Å². The lowest BCUT2D eigenvalue weighted by Crippen LogP contribution is -2.47. The molecule has 0 atom stereocenters. The van der Waals surface area contributed by atoms with Gasteiger partial charge in [-0.3, -0.25) is 4.79 Å². The van der Waals surface area contributed by atoms with Crippen LogP contribution in [0.4, 0.5) is 0 Å². The molecule has 0 spiro atoms. The fraction of sp³-hybridized carbons (Fsp3) is 0.667. The maximum absolute atomic E-state index is 12.1. The second-order valence-electron chi connectivity index (χ2n) is 4.13. The van der Waals surface area contributed by atoms with Crippen LogP contribution in [0.2, 0.25) is 0 Å². The van der Waals surface area contributed by atoms with Gasteiger partial charge in [-0.05, 0) is 19.3 Å². The van der Waals surface area contributed by atoms with Crippen molar-refractivity contribution in [3.8, 4) is 0 Å². The molecule has 3 N–H and O–H groups in total. The highest BCUT2D eigenvalue weighted by atomic mass is 32.1. The van der Waals surface area contributed by atoms with Crippen LogP contribution < -0.4 is 11.1 Å². The smallest absolute Gasteiger partial charge is 0.271 e. The predicted octanol–water partition coefficient (Wildman–Crippen LogP) is 2.30. The van der Waals surface area contributed by atoms with Crippen LogP contribution >= 0.6 is 11.3 Å². The van der Waals surface area contributed by atoms with Crippen LogP contribution in [0.15, 0.2) is 5.38 Å². The molecule has 4 nitrogen and oxygen atoms in total. The van der Waals surface area contributed by atoms with E-state index in [-0.39, 0.29) is 11.4 Å². The van der Waals surface area contributed by atoms with E-state index in [0.717, 1.165) is 24.3 Å². The van der Waals surface area contributed by atoms with E-state index in [1.807, 2.05) is 0 Å². The van der Waals surface area contributed by atoms with Crippen molar-refractivity contribution in [2.45, 2.75) is 52.1 Å². The summed E-state index contributed by atoms with van der Waals surface area (Å²) in [7, 11) is 0. The van der Waals surface area contributed by atoms with Gasteiger partial charge >= 0.3 is 0 Å². The van der Waals surface area contributed by atoms with Gasteiger partial charge in [0.25, 0.3) is 5.91 Å². The van der Waals surface area contributed by atoms with Crippen LogP contribution in [0.3, 0.4) is 0 Å². The largest absolute Gasteiger partial charge is 0.345 e. The van der Waals surface area contributed by atoms with E-state index in [1.54, 1.807) is 5.38 Å². The number of carbonyl (C=O) groups is 1. The zero-order valence-corrected chi connectivity index (χ0v) is 11.6. The van der Waals surface area contributed by atoms with E-state index in [9.17, 15) is 4.79 Å². The van der Waals surface area contributed by atoms with Crippen LogP contribution in [0.1, 0.15) is 55.5 Å². The summed E-state index contributed by atoms with van der Waals surface area (Å²) < 4.78 is 0. The first-order chi connectivity index (χ1) is 8.10. The van der Waals surface area contributed by atoms with Crippen LogP contribution in [0, 0.1) is 0 Å². The van der Waals surface area contributed by atoms with Crippen LogP contribution in [-0.4, -0.2) is 16.4 Å². The molecule has 0 unspecified atom stereocenters. The number of carbonyl (C=O) groups excluding carboxylic acids is 1. The Hall–Kier alpha value is -0.940. The lowest BCUT2D eigenvalue weighted by atomic mass is 9.89. The topological polar surface area (TPSA) is 68.0 Å². The molecular weight excluding hydrogens is 234 g/mol. The molecule has 1 rings (SSSR count). The number of nitrogens with two attached hydrogens (primary N) is 1. The van der Waals surface area contributed by atoms with Gasteiger partial charge in [-0.25, -0.2) is 4.98 Å². The molecule has 0 fully saturated rings. The minimum Gasteiger partial charge on any atom is -0.345 e. The summed E-state index contributed by atoms with van der Waals surface area (Å²) in [5.41, 5.74) is 5.86. The second kappa shape index (κ2) is 6.12. The van der Waals surface area contributed by atoms with Gasteiger partial charge in [-0.2, -0.15) is 0 Å². The van der Waals surface area contributed by atoms with Crippen molar-refractivity contribution in [3.05, 3.63) is 16.1 Å². The average molecular weight is 255 g/mol. The highest BCUT2D eigenvalue weighted by Gasteiger charge is 2.27. The number of hydrogen-bond acceptors (Lipinski definition) is 4. The molecule has 0 radical (unpaired) electrons. The van der Waals surface area contributed by atoms with Crippen LogP contribution in [0.5, 0.6) is 0 Å². The summed E-state index contributed by atoms with van der Waals surface area (Å²) in [6.07, 6.45) is 2.79. The zero-order chi connectivity index (χ0) is 12.9. The normalized spacial score (nSPS) is 11.5. The highest BCUT2D eigenvalue weighted by Crippen LogP contribution is 2.20. The number of hydrogen-bond donors (Lipinski definition) is 2. The Morgan fingerprint density at radius 2 is 2.00 bits per heavy atom. The van der Waals surface area contributed by atoms with E-state index >= 15 is 0 Å². The van der Waals surface area contributed by atoms with Crippen molar-refractivity contribution in [1.82, 2.24) is 10.3 Å². The molecule has 17 heavy (non-hydrogen) atoms. The minimum absolute atomic E-state index is 0.0912. The van der Waals surface area contributed by atoms with Gasteiger partial charge in [0, 0.05) is 17.5 Å². The minimum atomic E-state index is -0.108. The summed E-state index contributed by atoms with van der Waals surface area (Å²) in [5, 5.41) is 5.66. The lowest BCUT2D eigenvalue weighted by Gasteiger charge is -2.31. The molecule has 1 amide bonds. The molecule has 96 valence electrons. The summed E-state index contributed by atoms with van der Waals surface area (Å²) in [6.45, 7) is 6.68. The molecule has 0 bridgehead atoms. The van der Waals surface area contributed by atoms with E-state index in [2.05, 4.69) is 31.1 Å². The highest BCUT2D eigenvalue weighted by molar-refractivity contribution is 7.09. The summed E-state index contributed by atoms with van der Waals surface area (Å²) in [4.78, 5) is 16.3. The number of nitrogens with one attached hydrogen (secondary N) is 1. The molecule has 5 heteroatoms. The molecule has 1 heterocycles. The quantitative estimate of drug-likeness (QED) is 0.819. The number of aromatic nitrogens is 1. The van der Waals surface area contributed by atoms with E-state index < -0.39 is 0 Å². The third-order valence-corrected chi connectivity index (χ3v) is 4.24. The molecule has 0 aliphatic heterocycles. The van der Waals surface area contributed by atoms with Crippen molar-refractivity contribution in [2.75, 3.05) is 0 Å². The first kappa shape index (κ1) is 14.1. The Labute approximate surface area is 107 Å². The third-order valence-electron chi connectivity index (χ3n) is 3.37. The average Bonchev–Trinajstić information content (AvgIpc) is 2.85. The van der Waals surface area contributed by atoms with Gasteiger partial charge in [-0.15, -0.1) is 11.3 Å². The molecule has 0 saturated heterocycles. The lowest BCUT2D eigenvalue weighted by molar-refractivity contribution is 0.0883. The fourth-order valence-corrected chi connectivity index (χ4v) is 2.48. The van der Waals surface area contributed by atoms with Gasteiger partial charge in [0.2, 0.25) is 0 Å². The third kappa shape index (κ3) is 3.26. The monoisotopic (exact) mass is 255 g/mol. The Morgan fingerprint density at radius 1 is 1.41 bits per heavy atom. The fourth-order valence-electron chi connectivity index (χ4n) is 1.83. The summed E-state index contributed by atoms with van der Waals surface area (Å²) >= 11 is 1.43.